The topological polar surface area (TPSA) is 70.2 Å². The lowest BCUT2D eigenvalue weighted by atomic mass is 10.1. The first kappa shape index (κ1) is 14.3. The summed E-state index contributed by atoms with van der Waals surface area (Å²) in [5.41, 5.74) is 0. The fourth-order valence-corrected chi connectivity index (χ4v) is 2.89. The summed E-state index contributed by atoms with van der Waals surface area (Å²) in [4.78, 5) is 22.8. The maximum absolute atomic E-state index is 11.8. The lowest BCUT2D eigenvalue weighted by Gasteiger charge is -2.17. The zero-order chi connectivity index (χ0) is 13.5. The Kier molecular flexibility index (Phi) is 5.63. The SMILES string of the molecule is O=C(CNCC1CCC(=O)N1)NC1CCCCCC1. The van der Waals surface area contributed by atoms with E-state index >= 15 is 0 Å². The first-order chi connectivity index (χ1) is 9.24. The predicted octanol–water partition coefficient (Wildman–Crippen LogP) is 0.694. The third kappa shape index (κ3) is 5.19. The normalized spacial score (nSPS) is 24.8. The van der Waals surface area contributed by atoms with Crippen molar-refractivity contribution in [3.63, 3.8) is 0 Å². The Morgan fingerprint density at radius 1 is 1.16 bits per heavy atom. The molecule has 1 saturated carbocycles. The van der Waals surface area contributed by atoms with E-state index in [4.69, 9.17) is 0 Å². The van der Waals surface area contributed by atoms with Crippen LogP contribution in [0.2, 0.25) is 0 Å². The van der Waals surface area contributed by atoms with Crippen molar-refractivity contribution >= 4 is 11.8 Å². The Bertz CT molecular complexity index is 312. The zero-order valence-electron chi connectivity index (χ0n) is 11.5. The molecule has 1 aliphatic heterocycles. The van der Waals surface area contributed by atoms with Crippen LogP contribution >= 0.6 is 0 Å². The van der Waals surface area contributed by atoms with E-state index in [1.165, 1.54) is 25.7 Å². The maximum Gasteiger partial charge on any atom is 0.234 e. The number of rotatable bonds is 5. The molecule has 1 atom stereocenters. The molecule has 0 bridgehead atoms. The van der Waals surface area contributed by atoms with Crippen molar-refractivity contribution in [2.24, 2.45) is 0 Å². The molecular formula is C14H25N3O2. The van der Waals surface area contributed by atoms with Crippen molar-refractivity contribution in [1.29, 1.82) is 0 Å². The van der Waals surface area contributed by atoms with Crippen LogP contribution < -0.4 is 16.0 Å². The van der Waals surface area contributed by atoms with E-state index in [0.717, 1.165) is 19.3 Å². The van der Waals surface area contributed by atoms with Gasteiger partial charge in [0.25, 0.3) is 0 Å². The van der Waals surface area contributed by atoms with Gasteiger partial charge in [-0.25, -0.2) is 0 Å². The van der Waals surface area contributed by atoms with Gasteiger partial charge in [-0.1, -0.05) is 25.7 Å². The van der Waals surface area contributed by atoms with Gasteiger partial charge in [-0.2, -0.15) is 0 Å². The Hall–Kier alpha value is -1.10. The summed E-state index contributed by atoms with van der Waals surface area (Å²) in [5.74, 6) is 0.200. The van der Waals surface area contributed by atoms with E-state index in [9.17, 15) is 9.59 Å². The van der Waals surface area contributed by atoms with E-state index < -0.39 is 0 Å². The molecular weight excluding hydrogens is 242 g/mol. The van der Waals surface area contributed by atoms with Gasteiger partial charge in [0.1, 0.15) is 0 Å². The minimum Gasteiger partial charge on any atom is -0.352 e. The summed E-state index contributed by atoms with van der Waals surface area (Å²) in [6.07, 6.45) is 8.77. The molecule has 1 unspecified atom stereocenters. The Morgan fingerprint density at radius 2 is 1.89 bits per heavy atom. The molecule has 0 radical (unpaired) electrons. The second-order valence-corrected chi connectivity index (χ2v) is 5.69. The highest BCUT2D eigenvalue weighted by molar-refractivity contribution is 5.79. The first-order valence-electron chi connectivity index (χ1n) is 7.53. The highest BCUT2D eigenvalue weighted by atomic mass is 16.2. The summed E-state index contributed by atoms with van der Waals surface area (Å²) in [6, 6.07) is 0.557. The van der Waals surface area contributed by atoms with Gasteiger partial charge >= 0.3 is 0 Å². The number of carbonyl (C=O) groups excluding carboxylic acids is 2. The maximum atomic E-state index is 11.8. The smallest absolute Gasteiger partial charge is 0.234 e. The molecule has 2 aliphatic rings. The van der Waals surface area contributed by atoms with Crippen LogP contribution in [-0.4, -0.2) is 37.0 Å². The summed E-state index contributed by atoms with van der Waals surface area (Å²) < 4.78 is 0. The van der Waals surface area contributed by atoms with Gasteiger partial charge in [-0.05, 0) is 19.3 Å². The van der Waals surface area contributed by atoms with Crippen molar-refractivity contribution in [3.05, 3.63) is 0 Å². The van der Waals surface area contributed by atoms with Crippen LogP contribution in [0.15, 0.2) is 0 Å². The number of hydrogen-bond acceptors (Lipinski definition) is 3. The number of hydrogen-bond donors (Lipinski definition) is 3. The van der Waals surface area contributed by atoms with E-state index in [0.29, 0.717) is 25.6 Å². The molecule has 0 aromatic rings. The molecule has 0 aromatic heterocycles. The zero-order valence-corrected chi connectivity index (χ0v) is 11.5. The van der Waals surface area contributed by atoms with E-state index in [2.05, 4.69) is 16.0 Å². The van der Waals surface area contributed by atoms with Gasteiger partial charge in [-0.3, -0.25) is 9.59 Å². The van der Waals surface area contributed by atoms with Crippen LogP contribution in [0.4, 0.5) is 0 Å². The van der Waals surface area contributed by atoms with Crippen LogP contribution in [0.3, 0.4) is 0 Å². The molecule has 2 fully saturated rings. The number of nitrogens with one attached hydrogen (secondary N) is 3. The third-order valence-corrected chi connectivity index (χ3v) is 3.98. The lowest BCUT2D eigenvalue weighted by molar-refractivity contribution is -0.121. The molecule has 1 aliphatic carbocycles. The molecule has 1 heterocycles. The van der Waals surface area contributed by atoms with Gasteiger partial charge in [0, 0.05) is 25.0 Å². The second kappa shape index (κ2) is 7.48. The third-order valence-electron chi connectivity index (χ3n) is 3.98. The largest absolute Gasteiger partial charge is 0.352 e. The summed E-state index contributed by atoms with van der Waals surface area (Å²) in [5, 5.41) is 9.11. The van der Waals surface area contributed by atoms with Crippen LogP contribution in [-0.2, 0) is 9.59 Å². The average Bonchev–Trinajstić information content (AvgIpc) is 2.63. The fourth-order valence-electron chi connectivity index (χ4n) is 2.89. The van der Waals surface area contributed by atoms with Crippen LogP contribution in [0.5, 0.6) is 0 Å². The minimum absolute atomic E-state index is 0.0798. The minimum atomic E-state index is 0.0798. The van der Waals surface area contributed by atoms with Gasteiger partial charge in [0.05, 0.1) is 6.54 Å². The quantitative estimate of drug-likeness (QED) is 0.642. The van der Waals surface area contributed by atoms with Crippen molar-refractivity contribution < 1.29 is 9.59 Å². The van der Waals surface area contributed by atoms with Gasteiger partial charge < -0.3 is 16.0 Å². The Labute approximate surface area is 114 Å². The van der Waals surface area contributed by atoms with Crippen molar-refractivity contribution in [3.8, 4) is 0 Å². The number of carbonyl (C=O) groups is 2. The summed E-state index contributed by atoms with van der Waals surface area (Å²) >= 11 is 0. The van der Waals surface area contributed by atoms with E-state index in [1.807, 2.05) is 0 Å². The Balaban J connectivity index is 1.57. The monoisotopic (exact) mass is 267 g/mol. The Morgan fingerprint density at radius 3 is 2.53 bits per heavy atom. The molecule has 0 spiro atoms. The lowest BCUT2D eigenvalue weighted by Crippen LogP contribution is -2.43. The van der Waals surface area contributed by atoms with E-state index in [1.54, 1.807) is 0 Å². The number of amides is 2. The van der Waals surface area contributed by atoms with Crippen LogP contribution in [0.1, 0.15) is 51.4 Å². The van der Waals surface area contributed by atoms with Gasteiger partial charge in [0.2, 0.25) is 11.8 Å². The van der Waals surface area contributed by atoms with E-state index in [-0.39, 0.29) is 17.9 Å². The van der Waals surface area contributed by atoms with Crippen LogP contribution in [0.25, 0.3) is 0 Å². The standard InChI is InChI=1S/C14H25N3O2/c18-13-8-7-12(17-13)9-15-10-14(19)16-11-5-3-1-2-4-6-11/h11-12,15H,1-10H2,(H,16,19)(H,17,18). The van der Waals surface area contributed by atoms with Crippen molar-refractivity contribution in [2.75, 3.05) is 13.1 Å². The summed E-state index contributed by atoms with van der Waals surface area (Å²) in [6.45, 7) is 1.03. The first-order valence-corrected chi connectivity index (χ1v) is 7.53. The molecule has 108 valence electrons. The average molecular weight is 267 g/mol. The molecule has 3 N–H and O–H groups in total. The molecule has 2 amide bonds. The molecule has 19 heavy (non-hydrogen) atoms. The predicted molar refractivity (Wildman–Crippen MR) is 73.7 cm³/mol. The fraction of sp³-hybridized carbons (Fsp3) is 0.857. The molecule has 2 rings (SSSR count). The second-order valence-electron chi connectivity index (χ2n) is 5.69. The van der Waals surface area contributed by atoms with Gasteiger partial charge in [0.15, 0.2) is 0 Å². The highest BCUT2D eigenvalue weighted by Gasteiger charge is 2.20. The van der Waals surface area contributed by atoms with Crippen LogP contribution in [0, 0.1) is 0 Å². The van der Waals surface area contributed by atoms with Crippen molar-refractivity contribution in [2.45, 2.75) is 63.5 Å². The van der Waals surface area contributed by atoms with Gasteiger partial charge in [-0.15, -0.1) is 0 Å². The molecule has 0 aromatic carbocycles. The highest BCUT2D eigenvalue weighted by Crippen LogP contribution is 2.16. The summed E-state index contributed by atoms with van der Waals surface area (Å²) in [7, 11) is 0. The molecule has 1 saturated heterocycles. The molecule has 5 heteroatoms. The molecule has 5 nitrogen and oxygen atoms in total. The van der Waals surface area contributed by atoms with Crippen molar-refractivity contribution in [1.82, 2.24) is 16.0 Å².